The van der Waals surface area contributed by atoms with Crippen LogP contribution < -0.4 is 5.32 Å². The number of carbonyl (C=O) groups is 1. The average Bonchev–Trinajstić information content (AvgIpc) is 2.83. The number of benzene rings is 1. The van der Waals surface area contributed by atoms with E-state index < -0.39 is 0 Å². The molecule has 1 amide bonds. The Kier molecular flexibility index (Phi) is 4.45. The molecule has 0 radical (unpaired) electrons. The van der Waals surface area contributed by atoms with Gasteiger partial charge in [0, 0.05) is 30.2 Å². The van der Waals surface area contributed by atoms with Crippen molar-refractivity contribution in [2.45, 2.75) is 6.54 Å². The first kappa shape index (κ1) is 13.9. The molecule has 3 nitrogen and oxygen atoms in total. The van der Waals surface area contributed by atoms with Gasteiger partial charge in [0.15, 0.2) is 0 Å². The number of rotatable bonds is 4. The minimum absolute atomic E-state index is 0.00664. The molecule has 100 valence electrons. The third-order valence-electron chi connectivity index (χ3n) is 2.79. The first-order valence-electron chi connectivity index (χ1n) is 5.87. The monoisotopic (exact) mass is 294 g/mol. The molecule has 1 heterocycles. The summed E-state index contributed by atoms with van der Waals surface area (Å²) in [5.41, 5.74) is 1.67. The van der Waals surface area contributed by atoms with E-state index in [4.69, 9.17) is 11.6 Å². The van der Waals surface area contributed by atoms with E-state index in [-0.39, 0.29) is 5.91 Å². The third kappa shape index (κ3) is 3.49. The topological polar surface area (TPSA) is 32.3 Å². The van der Waals surface area contributed by atoms with Crippen LogP contribution in [-0.4, -0.2) is 24.9 Å². The van der Waals surface area contributed by atoms with Crippen LogP contribution in [0.5, 0.6) is 0 Å². The summed E-state index contributed by atoms with van der Waals surface area (Å²) in [5, 5.41) is 3.03. The van der Waals surface area contributed by atoms with Crippen LogP contribution in [0, 0.1) is 0 Å². The maximum atomic E-state index is 12.2. The normalized spacial score (nSPS) is 10.3. The SMILES string of the molecule is CNc1ccc(C(=O)N(C)Cc2ccc(Cl)s2)cc1. The van der Waals surface area contributed by atoms with Gasteiger partial charge in [-0.1, -0.05) is 11.6 Å². The molecule has 0 spiro atoms. The second kappa shape index (κ2) is 6.08. The van der Waals surface area contributed by atoms with E-state index in [9.17, 15) is 4.79 Å². The lowest BCUT2D eigenvalue weighted by Gasteiger charge is -2.16. The number of hydrogen-bond acceptors (Lipinski definition) is 3. The molecule has 1 N–H and O–H groups in total. The lowest BCUT2D eigenvalue weighted by Crippen LogP contribution is -2.25. The van der Waals surface area contributed by atoms with Crippen molar-refractivity contribution in [2.75, 3.05) is 19.4 Å². The van der Waals surface area contributed by atoms with Gasteiger partial charge in [0.2, 0.25) is 0 Å². The molecule has 0 unspecified atom stereocenters. The molecule has 0 saturated heterocycles. The third-order valence-corrected chi connectivity index (χ3v) is 4.00. The fraction of sp³-hybridized carbons (Fsp3) is 0.214. The van der Waals surface area contributed by atoms with Crippen molar-refractivity contribution in [1.82, 2.24) is 4.90 Å². The highest BCUT2D eigenvalue weighted by Gasteiger charge is 2.12. The zero-order chi connectivity index (χ0) is 13.8. The van der Waals surface area contributed by atoms with Crippen LogP contribution in [0.3, 0.4) is 0 Å². The van der Waals surface area contributed by atoms with Crippen molar-refractivity contribution in [3.8, 4) is 0 Å². The number of anilines is 1. The summed E-state index contributed by atoms with van der Waals surface area (Å²) in [7, 11) is 3.64. The average molecular weight is 295 g/mol. The van der Waals surface area contributed by atoms with E-state index in [0.717, 1.165) is 14.9 Å². The molecule has 1 aromatic heterocycles. The number of carbonyl (C=O) groups excluding carboxylic acids is 1. The number of halogens is 1. The van der Waals surface area contributed by atoms with Crippen molar-refractivity contribution < 1.29 is 4.79 Å². The second-order valence-electron chi connectivity index (χ2n) is 4.19. The smallest absolute Gasteiger partial charge is 0.253 e. The fourth-order valence-corrected chi connectivity index (χ4v) is 2.88. The molecule has 19 heavy (non-hydrogen) atoms. The molecule has 0 aliphatic heterocycles. The van der Waals surface area contributed by atoms with E-state index >= 15 is 0 Å². The standard InChI is InChI=1S/C14H15ClN2OS/c1-16-11-5-3-10(4-6-11)14(18)17(2)9-12-7-8-13(15)19-12/h3-8,16H,9H2,1-2H3. The van der Waals surface area contributed by atoms with Gasteiger partial charge in [-0.15, -0.1) is 11.3 Å². The van der Waals surface area contributed by atoms with Gasteiger partial charge in [-0.05, 0) is 36.4 Å². The first-order chi connectivity index (χ1) is 9.10. The Balaban J connectivity index is 2.05. The van der Waals surface area contributed by atoms with Crippen LogP contribution in [0.4, 0.5) is 5.69 Å². The van der Waals surface area contributed by atoms with Gasteiger partial charge in [0.1, 0.15) is 0 Å². The molecular formula is C14H15ClN2OS. The van der Waals surface area contributed by atoms with E-state index in [1.54, 1.807) is 11.9 Å². The summed E-state index contributed by atoms with van der Waals surface area (Å²) in [4.78, 5) is 15.0. The van der Waals surface area contributed by atoms with Crippen LogP contribution in [0.2, 0.25) is 4.34 Å². The maximum Gasteiger partial charge on any atom is 0.253 e. The van der Waals surface area contributed by atoms with E-state index in [2.05, 4.69) is 5.32 Å². The molecule has 2 rings (SSSR count). The summed E-state index contributed by atoms with van der Waals surface area (Å²) in [5.74, 6) is 0.00664. The zero-order valence-corrected chi connectivity index (χ0v) is 12.4. The van der Waals surface area contributed by atoms with Crippen LogP contribution in [0.25, 0.3) is 0 Å². The molecule has 0 atom stereocenters. The van der Waals surface area contributed by atoms with Crippen LogP contribution in [0.15, 0.2) is 36.4 Å². The molecule has 5 heteroatoms. The van der Waals surface area contributed by atoms with Gasteiger partial charge in [0.05, 0.1) is 10.9 Å². The van der Waals surface area contributed by atoms with Gasteiger partial charge in [-0.3, -0.25) is 4.79 Å². The highest BCUT2D eigenvalue weighted by atomic mass is 35.5. The fourth-order valence-electron chi connectivity index (χ4n) is 1.74. The quantitative estimate of drug-likeness (QED) is 0.932. The Morgan fingerprint density at radius 1 is 1.26 bits per heavy atom. The van der Waals surface area contributed by atoms with Crippen LogP contribution in [-0.2, 0) is 6.54 Å². The Morgan fingerprint density at radius 2 is 1.95 bits per heavy atom. The number of hydrogen-bond donors (Lipinski definition) is 1. The Bertz CT molecular complexity index is 565. The van der Waals surface area contributed by atoms with Crippen molar-refractivity contribution in [1.29, 1.82) is 0 Å². The van der Waals surface area contributed by atoms with Gasteiger partial charge in [0.25, 0.3) is 5.91 Å². The Labute approximate surface area is 121 Å². The van der Waals surface area contributed by atoms with Crippen LogP contribution >= 0.6 is 22.9 Å². The van der Waals surface area contributed by atoms with E-state index in [1.165, 1.54) is 11.3 Å². The number of nitrogens with one attached hydrogen (secondary N) is 1. The highest BCUT2D eigenvalue weighted by Crippen LogP contribution is 2.23. The summed E-state index contributed by atoms with van der Waals surface area (Å²) >= 11 is 7.38. The van der Waals surface area contributed by atoms with Crippen molar-refractivity contribution >= 4 is 34.5 Å². The number of amides is 1. The lowest BCUT2D eigenvalue weighted by molar-refractivity contribution is 0.0786. The zero-order valence-electron chi connectivity index (χ0n) is 10.8. The largest absolute Gasteiger partial charge is 0.388 e. The molecule has 0 fully saturated rings. The molecule has 2 aromatic rings. The molecule has 0 aliphatic carbocycles. The Morgan fingerprint density at radius 3 is 2.47 bits per heavy atom. The minimum Gasteiger partial charge on any atom is -0.388 e. The molecule has 0 aliphatic rings. The summed E-state index contributed by atoms with van der Waals surface area (Å²) < 4.78 is 0.745. The van der Waals surface area contributed by atoms with Crippen molar-refractivity contribution in [3.63, 3.8) is 0 Å². The lowest BCUT2D eigenvalue weighted by atomic mass is 10.2. The van der Waals surface area contributed by atoms with Gasteiger partial charge < -0.3 is 10.2 Å². The molecule has 0 bridgehead atoms. The van der Waals surface area contributed by atoms with E-state index in [1.807, 2.05) is 43.4 Å². The van der Waals surface area contributed by atoms with Crippen molar-refractivity contribution in [3.05, 3.63) is 51.2 Å². The van der Waals surface area contributed by atoms with Gasteiger partial charge in [-0.2, -0.15) is 0 Å². The number of thiophene rings is 1. The first-order valence-corrected chi connectivity index (χ1v) is 7.07. The van der Waals surface area contributed by atoms with Gasteiger partial charge in [-0.25, -0.2) is 0 Å². The summed E-state index contributed by atoms with van der Waals surface area (Å²) in [6, 6.07) is 11.2. The molecule has 1 aromatic carbocycles. The summed E-state index contributed by atoms with van der Waals surface area (Å²) in [6.45, 7) is 0.573. The summed E-state index contributed by atoms with van der Waals surface area (Å²) in [6.07, 6.45) is 0. The van der Waals surface area contributed by atoms with E-state index in [0.29, 0.717) is 12.1 Å². The predicted octanol–water partition coefficient (Wildman–Crippen LogP) is 3.72. The maximum absolute atomic E-state index is 12.2. The molecule has 0 saturated carbocycles. The van der Waals surface area contributed by atoms with Crippen molar-refractivity contribution in [2.24, 2.45) is 0 Å². The van der Waals surface area contributed by atoms with Gasteiger partial charge >= 0.3 is 0 Å². The predicted molar refractivity (Wildman–Crippen MR) is 81.1 cm³/mol. The number of nitrogens with zero attached hydrogens (tertiary/aromatic N) is 1. The highest BCUT2D eigenvalue weighted by molar-refractivity contribution is 7.16. The second-order valence-corrected chi connectivity index (χ2v) is 5.99. The van der Waals surface area contributed by atoms with Crippen LogP contribution in [0.1, 0.15) is 15.2 Å². The minimum atomic E-state index is 0.00664. The Hall–Kier alpha value is -1.52. The molecular weight excluding hydrogens is 280 g/mol.